The standard InChI is InChI=1S/C10H17N5O3/c1-10(2,18-4)5-12-9-7(15(16)17)8(11-3)13-6-14-9/h6H,5H2,1-4H3,(H2,11,12,13,14). The van der Waals surface area contributed by atoms with E-state index >= 15 is 0 Å². The number of nitro groups is 1. The first-order valence-corrected chi connectivity index (χ1v) is 5.37. The largest absolute Gasteiger partial charge is 0.377 e. The number of nitrogens with one attached hydrogen (secondary N) is 2. The Morgan fingerprint density at radius 3 is 2.56 bits per heavy atom. The summed E-state index contributed by atoms with van der Waals surface area (Å²) >= 11 is 0. The Hall–Kier alpha value is -1.96. The molecule has 0 fully saturated rings. The van der Waals surface area contributed by atoms with Crippen molar-refractivity contribution in [2.45, 2.75) is 19.4 Å². The van der Waals surface area contributed by atoms with Crippen LogP contribution in [0.4, 0.5) is 17.3 Å². The second-order valence-electron chi connectivity index (χ2n) is 4.24. The Labute approximate surface area is 105 Å². The summed E-state index contributed by atoms with van der Waals surface area (Å²) in [4.78, 5) is 18.2. The zero-order valence-corrected chi connectivity index (χ0v) is 10.9. The molecule has 0 saturated heterocycles. The van der Waals surface area contributed by atoms with Crippen LogP contribution in [0.1, 0.15) is 13.8 Å². The summed E-state index contributed by atoms with van der Waals surface area (Å²) in [7, 11) is 3.15. The minimum absolute atomic E-state index is 0.171. The first-order chi connectivity index (χ1) is 8.41. The average molecular weight is 255 g/mol. The zero-order valence-electron chi connectivity index (χ0n) is 10.9. The normalized spacial score (nSPS) is 11.1. The fourth-order valence-corrected chi connectivity index (χ4v) is 1.23. The van der Waals surface area contributed by atoms with E-state index in [1.165, 1.54) is 6.33 Å². The third-order valence-corrected chi connectivity index (χ3v) is 2.48. The summed E-state index contributed by atoms with van der Waals surface area (Å²) in [6.07, 6.45) is 1.26. The first kappa shape index (κ1) is 14.1. The van der Waals surface area contributed by atoms with Crippen molar-refractivity contribution in [1.82, 2.24) is 9.97 Å². The van der Waals surface area contributed by atoms with Gasteiger partial charge in [0.1, 0.15) is 6.33 Å². The van der Waals surface area contributed by atoms with E-state index in [1.54, 1.807) is 14.2 Å². The van der Waals surface area contributed by atoms with Gasteiger partial charge in [-0.25, -0.2) is 9.97 Å². The maximum absolute atomic E-state index is 11.0. The molecule has 0 spiro atoms. The number of anilines is 2. The lowest BCUT2D eigenvalue weighted by molar-refractivity contribution is -0.383. The maximum atomic E-state index is 11.0. The van der Waals surface area contributed by atoms with Crippen molar-refractivity contribution < 1.29 is 9.66 Å². The van der Waals surface area contributed by atoms with Crippen molar-refractivity contribution in [2.24, 2.45) is 0 Å². The zero-order chi connectivity index (χ0) is 13.8. The van der Waals surface area contributed by atoms with Gasteiger partial charge in [-0.2, -0.15) is 0 Å². The summed E-state index contributed by atoms with van der Waals surface area (Å²) < 4.78 is 5.22. The van der Waals surface area contributed by atoms with Crippen LogP contribution in [-0.2, 0) is 4.74 Å². The van der Waals surface area contributed by atoms with Crippen LogP contribution >= 0.6 is 0 Å². The lowest BCUT2D eigenvalue weighted by Crippen LogP contribution is -2.32. The number of hydrogen-bond donors (Lipinski definition) is 2. The van der Waals surface area contributed by atoms with Crippen LogP contribution in [0.15, 0.2) is 6.33 Å². The van der Waals surface area contributed by atoms with Gasteiger partial charge in [0.2, 0.25) is 11.6 Å². The van der Waals surface area contributed by atoms with Crippen molar-refractivity contribution in [1.29, 1.82) is 0 Å². The van der Waals surface area contributed by atoms with Gasteiger partial charge >= 0.3 is 5.69 Å². The highest BCUT2D eigenvalue weighted by Crippen LogP contribution is 2.28. The molecule has 0 aliphatic rings. The molecule has 0 bridgehead atoms. The molecule has 0 saturated carbocycles. The average Bonchev–Trinajstić information content (AvgIpc) is 2.35. The molecule has 1 rings (SSSR count). The molecule has 0 aliphatic carbocycles. The smallest absolute Gasteiger partial charge is 0.353 e. The molecule has 0 aliphatic heterocycles. The molecule has 0 atom stereocenters. The predicted octanol–water partition coefficient (Wildman–Crippen LogP) is 1.26. The van der Waals surface area contributed by atoms with Gasteiger partial charge in [0, 0.05) is 20.7 Å². The van der Waals surface area contributed by atoms with Crippen molar-refractivity contribution in [3.05, 3.63) is 16.4 Å². The molecule has 0 unspecified atom stereocenters. The van der Waals surface area contributed by atoms with E-state index in [0.717, 1.165) is 0 Å². The van der Waals surface area contributed by atoms with Gasteiger partial charge in [0.15, 0.2) is 0 Å². The van der Waals surface area contributed by atoms with Crippen LogP contribution in [0, 0.1) is 10.1 Å². The lowest BCUT2D eigenvalue weighted by Gasteiger charge is -2.23. The Kier molecular flexibility index (Phi) is 4.38. The molecule has 0 radical (unpaired) electrons. The summed E-state index contributed by atoms with van der Waals surface area (Å²) in [6.45, 7) is 4.13. The monoisotopic (exact) mass is 255 g/mol. The van der Waals surface area contributed by atoms with Crippen LogP contribution in [0.5, 0.6) is 0 Å². The van der Waals surface area contributed by atoms with E-state index < -0.39 is 10.5 Å². The number of rotatable bonds is 6. The Bertz CT molecular complexity index is 436. The quantitative estimate of drug-likeness (QED) is 0.582. The van der Waals surface area contributed by atoms with Crippen LogP contribution in [0.2, 0.25) is 0 Å². The molecular formula is C10H17N5O3. The molecule has 1 heterocycles. The minimum atomic E-state index is -0.520. The van der Waals surface area contributed by atoms with Gasteiger partial charge in [-0.1, -0.05) is 0 Å². The predicted molar refractivity (Wildman–Crippen MR) is 67.8 cm³/mol. The summed E-state index contributed by atoms with van der Waals surface area (Å²) in [6, 6.07) is 0. The van der Waals surface area contributed by atoms with Crippen molar-refractivity contribution >= 4 is 17.3 Å². The van der Waals surface area contributed by atoms with Crippen molar-refractivity contribution in [3.63, 3.8) is 0 Å². The van der Waals surface area contributed by atoms with E-state index in [-0.39, 0.29) is 17.3 Å². The second kappa shape index (κ2) is 5.58. The summed E-state index contributed by atoms with van der Waals surface area (Å²) in [5.41, 5.74) is -0.620. The molecule has 18 heavy (non-hydrogen) atoms. The van der Waals surface area contributed by atoms with Gasteiger partial charge < -0.3 is 15.4 Å². The van der Waals surface area contributed by atoms with E-state index in [2.05, 4.69) is 20.6 Å². The number of hydrogen-bond acceptors (Lipinski definition) is 7. The second-order valence-corrected chi connectivity index (χ2v) is 4.24. The van der Waals surface area contributed by atoms with Gasteiger partial charge in [-0.05, 0) is 13.8 Å². The number of ether oxygens (including phenoxy) is 1. The molecule has 8 heteroatoms. The van der Waals surface area contributed by atoms with Crippen LogP contribution in [0.25, 0.3) is 0 Å². The molecule has 1 aromatic rings. The Balaban J connectivity index is 2.99. The fraction of sp³-hybridized carbons (Fsp3) is 0.600. The first-order valence-electron chi connectivity index (χ1n) is 5.37. The summed E-state index contributed by atoms with van der Waals surface area (Å²) in [5, 5.41) is 16.6. The van der Waals surface area contributed by atoms with Crippen LogP contribution in [-0.4, -0.2) is 41.2 Å². The molecular weight excluding hydrogens is 238 g/mol. The Morgan fingerprint density at radius 1 is 1.44 bits per heavy atom. The number of aromatic nitrogens is 2. The minimum Gasteiger partial charge on any atom is -0.377 e. The Morgan fingerprint density at radius 2 is 2.06 bits per heavy atom. The van der Waals surface area contributed by atoms with E-state index in [9.17, 15) is 10.1 Å². The third kappa shape index (κ3) is 3.27. The molecule has 1 aromatic heterocycles. The maximum Gasteiger partial charge on any atom is 0.353 e. The molecule has 0 amide bonds. The van der Waals surface area contributed by atoms with Crippen molar-refractivity contribution in [2.75, 3.05) is 31.3 Å². The lowest BCUT2D eigenvalue weighted by atomic mass is 10.1. The van der Waals surface area contributed by atoms with Crippen LogP contribution < -0.4 is 10.6 Å². The number of methoxy groups -OCH3 is 1. The highest BCUT2D eigenvalue weighted by molar-refractivity contribution is 5.69. The van der Waals surface area contributed by atoms with E-state index in [4.69, 9.17) is 4.74 Å². The SMILES string of the molecule is CNc1ncnc(NCC(C)(C)OC)c1[N+](=O)[O-]. The molecule has 0 aromatic carbocycles. The summed E-state index contributed by atoms with van der Waals surface area (Å²) in [5.74, 6) is 0.345. The number of nitrogens with zero attached hydrogens (tertiary/aromatic N) is 3. The van der Waals surface area contributed by atoms with E-state index in [1.807, 2.05) is 13.8 Å². The van der Waals surface area contributed by atoms with Crippen LogP contribution in [0.3, 0.4) is 0 Å². The molecule has 100 valence electrons. The topological polar surface area (TPSA) is 102 Å². The highest BCUT2D eigenvalue weighted by atomic mass is 16.6. The third-order valence-electron chi connectivity index (χ3n) is 2.48. The van der Waals surface area contributed by atoms with Gasteiger partial charge in [0.25, 0.3) is 0 Å². The van der Waals surface area contributed by atoms with Gasteiger partial charge in [0.05, 0.1) is 10.5 Å². The van der Waals surface area contributed by atoms with Gasteiger partial charge in [-0.15, -0.1) is 0 Å². The van der Waals surface area contributed by atoms with Gasteiger partial charge in [-0.3, -0.25) is 10.1 Å². The molecule has 2 N–H and O–H groups in total. The fourth-order valence-electron chi connectivity index (χ4n) is 1.23. The highest BCUT2D eigenvalue weighted by Gasteiger charge is 2.24. The van der Waals surface area contributed by atoms with E-state index in [0.29, 0.717) is 6.54 Å². The van der Waals surface area contributed by atoms with Crippen molar-refractivity contribution in [3.8, 4) is 0 Å². The molecule has 8 nitrogen and oxygen atoms in total.